The molecule has 0 spiro atoms. The van der Waals surface area contributed by atoms with Crippen LogP contribution in [0.1, 0.15) is 53.0 Å². The molecule has 0 N–H and O–H groups in total. The number of likely N-dealkylation sites (tertiary alicyclic amines) is 1. The van der Waals surface area contributed by atoms with Crippen molar-refractivity contribution in [2.24, 2.45) is 0 Å². The van der Waals surface area contributed by atoms with E-state index in [1.165, 1.54) is 6.07 Å². The maximum Gasteiger partial charge on any atom is 0.213 e. The summed E-state index contributed by atoms with van der Waals surface area (Å²) in [5.41, 5.74) is 4.73. The zero-order valence-electron chi connectivity index (χ0n) is 21.5. The molecule has 0 amide bonds. The van der Waals surface area contributed by atoms with Gasteiger partial charge >= 0.3 is 0 Å². The Morgan fingerprint density at radius 2 is 2.00 bits per heavy atom. The quantitative estimate of drug-likeness (QED) is 0.312. The molecule has 0 saturated carbocycles. The fraction of sp³-hybridized carbons (Fsp3) is 0.345. The highest BCUT2D eigenvalue weighted by Gasteiger charge is 2.23. The van der Waals surface area contributed by atoms with Gasteiger partial charge in [0.15, 0.2) is 5.78 Å². The molecule has 0 bridgehead atoms. The predicted molar refractivity (Wildman–Crippen MR) is 145 cm³/mol. The third-order valence-corrected chi connectivity index (χ3v) is 7.09. The minimum Gasteiger partial charge on any atom is -0.473 e. The number of aryl methyl sites for hydroxylation is 1. The van der Waals surface area contributed by atoms with Gasteiger partial charge in [-0.25, -0.2) is 9.37 Å². The second kappa shape index (κ2) is 11.8. The SMILES string of the molecule is C=C(CN1CCC(c2cccc(OCc3ccc(Cl)cc3F)n2)CC1)N(C)c1cc(C(C)=O)cnc1C. The van der Waals surface area contributed by atoms with E-state index in [1.807, 2.05) is 37.1 Å². The summed E-state index contributed by atoms with van der Waals surface area (Å²) in [5.74, 6) is 0.425. The van der Waals surface area contributed by atoms with Gasteiger partial charge in [-0.05, 0) is 64.0 Å². The molecule has 194 valence electrons. The number of nitrogens with zero attached hydrogens (tertiary/aromatic N) is 4. The number of benzene rings is 1. The van der Waals surface area contributed by atoms with Crippen molar-refractivity contribution in [1.29, 1.82) is 0 Å². The highest BCUT2D eigenvalue weighted by molar-refractivity contribution is 6.30. The number of Topliss-reactive ketones (excluding diaryl/α,β-unsaturated/α-hetero) is 1. The number of ketones is 1. The molecule has 2 aromatic heterocycles. The average Bonchev–Trinajstić information content (AvgIpc) is 2.88. The molecule has 1 aliphatic heterocycles. The Morgan fingerprint density at radius 1 is 1.24 bits per heavy atom. The predicted octanol–water partition coefficient (Wildman–Crippen LogP) is 6.19. The van der Waals surface area contributed by atoms with Crippen LogP contribution < -0.4 is 9.64 Å². The van der Waals surface area contributed by atoms with E-state index in [1.54, 1.807) is 31.3 Å². The number of aromatic nitrogens is 2. The van der Waals surface area contributed by atoms with Crippen LogP contribution in [0.3, 0.4) is 0 Å². The van der Waals surface area contributed by atoms with Crippen LogP contribution in [0.15, 0.2) is 60.9 Å². The number of carbonyl (C=O) groups is 1. The van der Waals surface area contributed by atoms with E-state index >= 15 is 0 Å². The Bertz CT molecular complexity index is 1290. The third-order valence-electron chi connectivity index (χ3n) is 6.85. The first-order valence-electron chi connectivity index (χ1n) is 12.4. The Kier molecular flexibility index (Phi) is 8.56. The fourth-order valence-corrected chi connectivity index (χ4v) is 4.66. The van der Waals surface area contributed by atoms with Crippen LogP contribution >= 0.6 is 11.6 Å². The van der Waals surface area contributed by atoms with Crippen LogP contribution in [0.5, 0.6) is 5.88 Å². The van der Waals surface area contributed by atoms with Crippen LogP contribution in [0.4, 0.5) is 10.1 Å². The van der Waals surface area contributed by atoms with Gasteiger partial charge in [0.05, 0.1) is 11.4 Å². The number of likely N-dealkylation sites (N-methyl/N-ethyl adjacent to an activating group) is 1. The average molecular weight is 523 g/mol. The summed E-state index contributed by atoms with van der Waals surface area (Å²) >= 11 is 5.83. The van der Waals surface area contributed by atoms with Crippen molar-refractivity contribution in [2.75, 3.05) is 31.6 Å². The van der Waals surface area contributed by atoms with E-state index in [-0.39, 0.29) is 18.2 Å². The normalized spacial score (nSPS) is 14.4. The Labute approximate surface area is 222 Å². The van der Waals surface area contributed by atoms with Crippen molar-refractivity contribution in [1.82, 2.24) is 14.9 Å². The van der Waals surface area contributed by atoms with Crippen LogP contribution in [0.25, 0.3) is 0 Å². The number of ether oxygens (including phenoxy) is 1. The van der Waals surface area contributed by atoms with E-state index in [4.69, 9.17) is 21.3 Å². The number of hydrogen-bond donors (Lipinski definition) is 0. The van der Waals surface area contributed by atoms with E-state index < -0.39 is 0 Å². The maximum atomic E-state index is 14.1. The standard InChI is InChI=1S/C29H32ClFN4O2/c1-19(34(4)28-14-24(21(3)36)16-32-20(28)2)17-35-12-10-22(11-13-35)27-6-5-7-29(33-27)37-18-23-8-9-25(30)15-26(23)31/h5-9,14-16,22H,1,10-13,17-18H2,2-4H3. The van der Waals surface area contributed by atoms with Crippen molar-refractivity contribution >= 4 is 23.1 Å². The van der Waals surface area contributed by atoms with E-state index in [0.29, 0.717) is 27.9 Å². The second-order valence-corrected chi connectivity index (χ2v) is 9.92. The van der Waals surface area contributed by atoms with Gasteiger partial charge in [0.25, 0.3) is 0 Å². The number of hydrogen-bond acceptors (Lipinski definition) is 6. The zero-order chi connectivity index (χ0) is 26.5. The van der Waals surface area contributed by atoms with Gasteiger partial charge in [-0.2, -0.15) is 0 Å². The lowest BCUT2D eigenvalue weighted by atomic mass is 9.93. The topological polar surface area (TPSA) is 58.6 Å². The highest BCUT2D eigenvalue weighted by atomic mass is 35.5. The van der Waals surface area contributed by atoms with Crippen molar-refractivity contribution in [3.63, 3.8) is 0 Å². The fourth-order valence-electron chi connectivity index (χ4n) is 4.50. The first kappa shape index (κ1) is 26.8. The summed E-state index contributed by atoms with van der Waals surface area (Å²) < 4.78 is 19.8. The smallest absolute Gasteiger partial charge is 0.213 e. The minimum atomic E-state index is -0.388. The Morgan fingerprint density at radius 3 is 2.70 bits per heavy atom. The van der Waals surface area contributed by atoms with Crippen LogP contribution in [0.2, 0.25) is 5.02 Å². The number of anilines is 1. The van der Waals surface area contributed by atoms with Gasteiger partial charge < -0.3 is 9.64 Å². The lowest BCUT2D eigenvalue weighted by Gasteiger charge is -2.34. The summed E-state index contributed by atoms with van der Waals surface area (Å²) in [4.78, 5) is 25.3. The van der Waals surface area contributed by atoms with Gasteiger partial charge in [-0.1, -0.05) is 30.3 Å². The molecule has 6 nitrogen and oxygen atoms in total. The monoisotopic (exact) mass is 522 g/mol. The zero-order valence-corrected chi connectivity index (χ0v) is 22.3. The molecule has 0 aliphatic carbocycles. The van der Waals surface area contributed by atoms with Gasteiger partial charge in [0.1, 0.15) is 12.4 Å². The van der Waals surface area contributed by atoms with Crippen LogP contribution in [0, 0.1) is 12.7 Å². The third kappa shape index (κ3) is 6.73. The molecule has 3 heterocycles. The first-order chi connectivity index (χ1) is 17.7. The van der Waals surface area contributed by atoms with Gasteiger partial charge in [0, 0.05) is 59.3 Å². The summed E-state index contributed by atoms with van der Waals surface area (Å²) in [5, 5.41) is 0.359. The number of pyridine rings is 2. The lowest BCUT2D eigenvalue weighted by molar-refractivity contribution is 0.101. The number of halogens is 2. The summed E-state index contributed by atoms with van der Waals surface area (Å²) in [6.07, 6.45) is 3.56. The minimum absolute atomic E-state index is 0.00458. The molecule has 8 heteroatoms. The van der Waals surface area contributed by atoms with Gasteiger partial charge in [-0.15, -0.1) is 0 Å². The van der Waals surface area contributed by atoms with Crippen LogP contribution in [-0.4, -0.2) is 47.3 Å². The van der Waals surface area contributed by atoms with Crippen molar-refractivity contribution < 1.29 is 13.9 Å². The molecule has 4 rings (SSSR count). The molecule has 37 heavy (non-hydrogen) atoms. The number of rotatable bonds is 9. The highest BCUT2D eigenvalue weighted by Crippen LogP contribution is 2.29. The molecule has 3 aromatic rings. The summed E-state index contributed by atoms with van der Waals surface area (Å²) in [6, 6.07) is 12.2. The second-order valence-electron chi connectivity index (χ2n) is 9.49. The molecule has 1 fully saturated rings. The van der Waals surface area contributed by atoms with Crippen molar-refractivity contribution in [2.45, 2.75) is 39.2 Å². The first-order valence-corrected chi connectivity index (χ1v) is 12.7. The lowest BCUT2D eigenvalue weighted by Crippen LogP contribution is -2.37. The number of carbonyl (C=O) groups excluding carboxylic acids is 1. The van der Waals surface area contributed by atoms with E-state index in [2.05, 4.69) is 16.5 Å². The summed E-state index contributed by atoms with van der Waals surface area (Å²) in [6.45, 7) is 10.4. The largest absolute Gasteiger partial charge is 0.473 e. The molecular formula is C29H32ClFN4O2. The van der Waals surface area contributed by atoms with Gasteiger partial charge in [0.2, 0.25) is 5.88 Å². The molecule has 0 unspecified atom stereocenters. The van der Waals surface area contributed by atoms with Crippen molar-refractivity contribution in [3.8, 4) is 5.88 Å². The Balaban J connectivity index is 1.31. The molecule has 0 radical (unpaired) electrons. The van der Waals surface area contributed by atoms with Crippen molar-refractivity contribution in [3.05, 3.63) is 94.3 Å². The van der Waals surface area contributed by atoms with E-state index in [0.717, 1.165) is 55.2 Å². The molecule has 1 saturated heterocycles. The Hall–Kier alpha value is -3.29. The molecule has 1 aromatic carbocycles. The molecular weight excluding hydrogens is 491 g/mol. The maximum absolute atomic E-state index is 14.1. The van der Waals surface area contributed by atoms with Crippen LogP contribution in [-0.2, 0) is 6.61 Å². The molecule has 0 atom stereocenters. The number of piperidine rings is 1. The van der Waals surface area contributed by atoms with E-state index in [9.17, 15) is 9.18 Å². The summed E-state index contributed by atoms with van der Waals surface area (Å²) in [7, 11) is 1.97. The van der Waals surface area contributed by atoms with Gasteiger partial charge in [-0.3, -0.25) is 14.7 Å². The molecule has 1 aliphatic rings.